The Kier molecular flexibility index (Phi) is 5.41. The van der Waals surface area contributed by atoms with E-state index in [0.717, 1.165) is 12.8 Å². The van der Waals surface area contributed by atoms with Crippen molar-refractivity contribution in [1.82, 2.24) is 5.48 Å². The van der Waals surface area contributed by atoms with Gasteiger partial charge in [0.2, 0.25) is 0 Å². The Bertz CT molecular complexity index is 268. The number of hydrogen-bond donors (Lipinski definition) is 2. The van der Waals surface area contributed by atoms with Gasteiger partial charge in [-0.2, -0.15) is 5.48 Å². The molecule has 1 fully saturated rings. The smallest absolute Gasteiger partial charge is 0.431 e. The molecule has 0 aromatic heterocycles. The van der Waals surface area contributed by atoms with Crippen molar-refractivity contribution in [3.05, 3.63) is 0 Å². The third kappa shape index (κ3) is 5.23. The summed E-state index contributed by atoms with van der Waals surface area (Å²) in [4.78, 5) is 16.7. The molecule has 5 heteroatoms. The molecule has 18 heavy (non-hydrogen) atoms. The highest BCUT2D eigenvalue weighted by Gasteiger charge is 2.31. The van der Waals surface area contributed by atoms with Gasteiger partial charge in [-0.3, -0.25) is 4.84 Å². The Labute approximate surface area is 109 Å². The maximum atomic E-state index is 11.4. The van der Waals surface area contributed by atoms with Crippen molar-refractivity contribution in [3.63, 3.8) is 0 Å². The van der Waals surface area contributed by atoms with Gasteiger partial charge >= 0.3 is 6.09 Å². The minimum absolute atomic E-state index is 0.0211. The van der Waals surface area contributed by atoms with E-state index < -0.39 is 11.7 Å². The van der Waals surface area contributed by atoms with E-state index in [2.05, 4.69) is 5.48 Å². The van der Waals surface area contributed by atoms with Crippen molar-refractivity contribution in [1.29, 1.82) is 0 Å². The molecule has 1 aliphatic rings. The highest BCUT2D eigenvalue weighted by molar-refractivity contribution is 5.66. The fourth-order valence-corrected chi connectivity index (χ4v) is 2.26. The summed E-state index contributed by atoms with van der Waals surface area (Å²) in [6.45, 7) is 6.50. The van der Waals surface area contributed by atoms with Crippen LogP contribution in [0.3, 0.4) is 0 Å². The van der Waals surface area contributed by atoms with Crippen molar-refractivity contribution < 1.29 is 14.4 Å². The quantitative estimate of drug-likeness (QED) is 0.759. The molecular weight excluding hydrogens is 232 g/mol. The number of rotatable bonds is 4. The molecular formula is C13H26N2O3. The molecule has 0 unspecified atom stereocenters. The summed E-state index contributed by atoms with van der Waals surface area (Å²) in [5.41, 5.74) is 7.67. The molecule has 0 atom stereocenters. The molecule has 1 saturated carbocycles. The van der Waals surface area contributed by atoms with Crippen LogP contribution in [0.25, 0.3) is 0 Å². The first-order valence-electron chi connectivity index (χ1n) is 6.68. The zero-order valence-electron chi connectivity index (χ0n) is 11.8. The number of nitrogens with one attached hydrogen (secondary N) is 1. The third-order valence-corrected chi connectivity index (χ3v) is 3.28. The first kappa shape index (κ1) is 15.2. The number of amides is 1. The molecule has 0 aromatic rings. The molecule has 1 rings (SSSR count). The Hall–Kier alpha value is -0.810. The van der Waals surface area contributed by atoms with Crippen molar-refractivity contribution >= 4 is 6.09 Å². The number of ether oxygens (including phenoxy) is 1. The minimum Gasteiger partial charge on any atom is -0.442 e. The van der Waals surface area contributed by atoms with Gasteiger partial charge in [0.25, 0.3) is 0 Å². The highest BCUT2D eigenvalue weighted by atomic mass is 16.7. The van der Waals surface area contributed by atoms with Crippen molar-refractivity contribution in [3.8, 4) is 0 Å². The molecule has 0 aromatic carbocycles. The molecule has 0 radical (unpaired) electrons. The summed E-state index contributed by atoms with van der Waals surface area (Å²) < 4.78 is 5.09. The van der Waals surface area contributed by atoms with Gasteiger partial charge < -0.3 is 10.5 Å². The predicted molar refractivity (Wildman–Crippen MR) is 69.9 cm³/mol. The van der Waals surface area contributed by atoms with Crippen LogP contribution in [0.1, 0.15) is 52.9 Å². The lowest BCUT2D eigenvalue weighted by Crippen LogP contribution is -2.41. The normalized spacial score (nSPS) is 19.3. The van der Waals surface area contributed by atoms with Crippen molar-refractivity contribution in [2.75, 3.05) is 13.2 Å². The van der Waals surface area contributed by atoms with Gasteiger partial charge in [-0.1, -0.05) is 19.3 Å². The average Bonchev–Trinajstić information content (AvgIpc) is 2.28. The van der Waals surface area contributed by atoms with E-state index in [-0.39, 0.29) is 5.41 Å². The first-order valence-corrected chi connectivity index (χ1v) is 6.68. The van der Waals surface area contributed by atoms with Gasteiger partial charge in [-0.15, -0.1) is 0 Å². The minimum atomic E-state index is -0.550. The van der Waals surface area contributed by atoms with Crippen molar-refractivity contribution in [2.24, 2.45) is 11.1 Å². The van der Waals surface area contributed by atoms with Crippen LogP contribution in [0.4, 0.5) is 4.79 Å². The monoisotopic (exact) mass is 258 g/mol. The largest absolute Gasteiger partial charge is 0.442 e. The summed E-state index contributed by atoms with van der Waals surface area (Å²) in [5, 5.41) is 0. The van der Waals surface area contributed by atoms with Gasteiger partial charge in [-0.25, -0.2) is 4.79 Å². The lowest BCUT2D eigenvalue weighted by Gasteiger charge is -2.35. The van der Waals surface area contributed by atoms with Gasteiger partial charge in [0.15, 0.2) is 0 Å². The van der Waals surface area contributed by atoms with E-state index in [1.807, 2.05) is 20.8 Å². The topological polar surface area (TPSA) is 73.6 Å². The van der Waals surface area contributed by atoms with Crippen LogP contribution in [0, 0.1) is 5.41 Å². The lowest BCUT2D eigenvalue weighted by molar-refractivity contribution is -0.0447. The Morgan fingerprint density at radius 2 is 1.89 bits per heavy atom. The molecule has 3 N–H and O–H groups in total. The summed E-state index contributed by atoms with van der Waals surface area (Å²) in [6.07, 6.45) is 5.23. The van der Waals surface area contributed by atoms with Gasteiger partial charge in [0.05, 0.1) is 6.61 Å². The fraction of sp³-hybridized carbons (Fsp3) is 0.923. The number of carbonyl (C=O) groups is 1. The average molecular weight is 258 g/mol. The number of hydrogen-bond acceptors (Lipinski definition) is 4. The summed E-state index contributed by atoms with van der Waals surface area (Å²) in [5.74, 6) is 0. The van der Waals surface area contributed by atoms with Gasteiger partial charge in [-0.05, 0) is 33.6 Å². The SMILES string of the molecule is CC(C)(C)OC(=O)NOCC1(CN)CCCCC1. The van der Waals surface area contributed by atoms with Crippen LogP contribution in [0.5, 0.6) is 0 Å². The van der Waals surface area contributed by atoms with Crippen LogP contribution in [0.15, 0.2) is 0 Å². The molecule has 106 valence electrons. The second-order valence-electron chi connectivity index (χ2n) is 6.16. The van der Waals surface area contributed by atoms with Gasteiger partial charge in [0.1, 0.15) is 5.60 Å². The van der Waals surface area contributed by atoms with E-state index in [9.17, 15) is 4.79 Å². The molecule has 1 amide bonds. The van der Waals surface area contributed by atoms with Crippen LogP contribution in [-0.2, 0) is 9.57 Å². The maximum Gasteiger partial charge on any atom is 0.431 e. The summed E-state index contributed by atoms with van der Waals surface area (Å²) in [6, 6.07) is 0. The van der Waals surface area contributed by atoms with E-state index >= 15 is 0 Å². The molecule has 0 saturated heterocycles. The molecule has 1 aliphatic carbocycles. The second kappa shape index (κ2) is 6.38. The Morgan fingerprint density at radius 3 is 2.39 bits per heavy atom. The van der Waals surface area contributed by atoms with Crippen LogP contribution >= 0.6 is 0 Å². The van der Waals surface area contributed by atoms with E-state index in [1.54, 1.807) is 0 Å². The van der Waals surface area contributed by atoms with E-state index in [4.69, 9.17) is 15.3 Å². The Balaban J connectivity index is 2.29. The van der Waals surface area contributed by atoms with Crippen LogP contribution in [0.2, 0.25) is 0 Å². The molecule has 0 spiro atoms. The number of nitrogens with two attached hydrogens (primary N) is 1. The summed E-state index contributed by atoms with van der Waals surface area (Å²) >= 11 is 0. The summed E-state index contributed by atoms with van der Waals surface area (Å²) in [7, 11) is 0. The first-order chi connectivity index (χ1) is 8.37. The lowest BCUT2D eigenvalue weighted by atomic mass is 9.75. The van der Waals surface area contributed by atoms with E-state index in [0.29, 0.717) is 13.2 Å². The second-order valence-corrected chi connectivity index (χ2v) is 6.16. The molecule has 0 heterocycles. The third-order valence-electron chi connectivity index (χ3n) is 3.28. The molecule has 5 nitrogen and oxygen atoms in total. The zero-order valence-corrected chi connectivity index (χ0v) is 11.8. The predicted octanol–water partition coefficient (Wildman–Crippen LogP) is 2.35. The van der Waals surface area contributed by atoms with E-state index in [1.165, 1.54) is 19.3 Å². The maximum absolute atomic E-state index is 11.4. The fourth-order valence-electron chi connectivity index (χ4n) is 2.26. The van der Waals surface area contributed by atoms with Crippen LogP contribution < -0.4 is 11.2 Å². The number of hydroxylamine groups is 1. The molecule has 0 aliphatic heterocycles. The highest BCUT2D eigenvalue weighted by Crippen LogP contribution is 2.35. The van der Waals surface area contributed by atoms with Gasteiger partial charge in [0, 0.05) is 12.0 Å². The molecule has 0 bridgehead atoms. The van der Waals surface area contributed by atoms with Crippen molar-refractivity contribution in [2.45, 2.75) is 58.5 Å². The van der Waals surface area contributed by atoms with Crippen LogP contribution in [-0.4, -0.2) is 24.8 Å². The standard InChI is InChI=1S/C13H26N2O3/c1-12(2,3)18-11(16)15-17-10-13(9-14)7-5-4-6-8-13/h4-10,14H2,1-3H3,(H,15,16). The zero-order chi connectivity index (χ0) is 13.6. The Morgan fingerprint density at radius 1 is 1.28 bits per heavy atom. The number of carbonyl (C=O) groups excluding carboxylic acids is 1.